The third-order valence-corrected chi connectivity index (χ3v) is 5.53. The first-order valence-corrected chi connectivity index (χ1v) is 9.09. The smallest absolute Gasteiger partial charge is 0.261 e. The highest BCUT2D eigenvalue weighted by molar-refractivity contribution is 9.10. The molecule has 1 aromatic carbocycles. The number of benzene rings is 1. The van der Waals surface area contributed by atoms with Gasteiger partial charge in [0, 0.05) is 23.1 Å². The minimum absolute atomic E-state index is 0. The van der Waals surface area contributed by atoms with Crippen LogP contribution < -0.4 is 10.9 Å². The zero-order valence-corrected chi connectivity index (χ0v) is 16.1. The largest absolute Gasteiger partial charge is 0.334 e. The lowest BCUT2D eigenvalue weighted by Gasteiger charge is -2.28. The van der Waals surface area contributed by atoms with Crippen LogP contribution in [0.4, 0.5) is 0 Å². The monoisotopic (exact) mass is 426 g/mol. The van der Waals surface area contributed by atoms with Crippen molar-refractivity contribution in [2.45, 2.75) is 37.9 Å². The number of nitrogens with one attached hydrogen (secondary N) is 1. The fourth-order valence-corrected chi connectivity index (χ4v) is 4.22. The van der Waals surface area contributed by atoms with E-state index in [1.54, 1.807) is 12.1 Å². The van der Waals surface area contributed by atoms with Gasteiger partial charge in [0.25, 0.3) is 5.56 Å². The van der Waals surface area contributed by atoms with Gasteiger partial charge in [-0.3, -0.25) is 14.2 Å². The summed E-state index contributed by atoms with van der Waals surface area (Å²) in [6.45, 7) is 1.86. The van der Waals surface area contributed by atoms with Crippen molar-refractivity contribution in [2.75, 3.05) is 13.1 Å². The fourth-order valence-electron chi connectivity index (χ4n) is 3.86. The Morgan fingerprint density at radius 2 is 2.08 bits per heavy atom. The molecular weight excluding hydrogens is 408 g/mol. The topological polar surface area (TPSA) is 67.2 Å². The number of hydrogen-bond acceptors (Lipinski definition) is 4. The molecule has 2 saturated heterocycles. The van der Waals surface area contributed by atoms with Crippen LogP contribution in [0.1, 0.15) is 19.3 Å². The number of hydrogen-bond donors (Lipinski definition) is 1. The predicted octanol–water partition coefficient (Wildman–Crippen LogP) is 1.93. The van der Waals surface area contributed by atoms with Crippen LogP contribution in [-0.2, 0) is 11.3 Å². The van der Waals surface area contributed by atoms with Gasteiger partial charge in [-0.15, -0.1) is 12.4 Å². The van der Waals surface area contributed by atoms with Gasteiger partial charge < -0.3 is 10.2 Å². The van der Waals surface area contributed by atoms with Gasteiger partial charge in [0.05, 0.1) is 17.2 Å². The average molecular weight is 428 g/mol. The van der Waals surface area contributed by atoms with Crippen molar-refractivity contribution >= 4 is 45.1 Å². The van der Waals surface area contributed by atoms with Gasteiger partial charge in [-0.05, 0) is 44.0 Å². The molecule has 8 heteroatoms. The van der Waals surface area contributed by atoms with Crippen molar-refractivity contribution in [1.82, 2.24) is 19.8 Å². The molecule has 1 amide bonds. The van der Waals surface area contributed by atoms with Crippen molar-refractivity contribution in [3.05, 3.63) is 39.4 Å². The first-order valence-electron chi connectivity index (χ1n) is 8.30. The van der Waals surface area contributed by atoms with Crippen LogP contribution in [-0.4, -0.2) is 45.5 Å². The molecule has 2 aromatic rings. The maximum atomic E-state index is 12.8. The molecule has 6 nitrogen and oxygen atoms in total. The second kappa shape index (κ2) is 7.43. The van der Waals surface area contributed by atoms with Crippen LogP contribution in [0.3, 0.4) is 0 Å². The SMILES string of the molecule is Cl.O=C(Cn1cnc2ccc(Br)cc2c1=O)N1C2CCNCC1CC2. The molecule has 3 heterocycles. The third-order valence-electron chi connectivity index (χ3n) is 5.03. The van der Waals surface area contributed by atoms with Gasteiger partial charge >= 0.3 is 0 Å². The van der Waals surface area contributed by atoms with Crippen LogP contribution in [0.5, 0.6) is 0 Å². The second-order valence-electron chi connectivity index (χ2n) is 6.52. The predicted molar refractivity (Wildman–Crippen MR) is 102 cm³/mol. The summed E-state index contributed by atoms with van der Waals surface area (Å²) in [5.74, 6) is 0.0180. The second-order valence-corrected chi connectivity index (χ2v) is 7.43. The van der Waals surface area contributed by atoms with Gasteiger partial charge in [-0.25, -0.2) is 4.98 Å². The minimum atomic E-state index is -0.171. The molecule has 25 heavy (non-hydrogen) atoms. The van der Waals surface area contributed by atoms with E-state index in [1.807, 2.05) is 11.0 Å². The van der Waals surface area contributed by atoms with Crippen LogP contribution in [0, 0.1) is 0 Å². The first-order chi connectivity index (χ1) is 11.6. The molecule has 2 unspecified atom stereocenters. The number of fused-ring (bicyclic) bond motifs is 3. The van der Waals surface area contributed by atoms with E-state index < -0.39 is 0 Å². The van der Waals surface area contributed by atoms with Crippen molar-refractivity contribution < 1.29 is 4.79 Å². The van der Waals surface area contributed by atoms with Crippen LogP contribution >= 0.6 is 28.3 Å². The third kappa shape index (κ3) is 3.45. The van der Waals surface area contributed by atoms with Gasteiger partial charge in [-0.1, -0.05) is 15.9 Å². The Morgan fingerprint density at radius 3 is 2.92 bits per heavy atom. The minimum Gasteiger partial charge on any atom is -0.334 e. The summed E-state index contributed by atoms with van der Waals surface area (Å²) in [6, 6.07) is 5.96. The lowest BCUT2D eigenvalue weighted by atomic mass is 10.1. The fraction of sp³-hybridized carbons (Fsp3) is 0.471. The molecule has 2 aliphatic heterocycles. The molecule has 0 aliphatic carbocycles. The molecule has 4 rings (SSSR count). The summed E-state index contributed by atoms with van der Waals surface area (Å²) in [5, 5.41) is 3.92. The molecule has 0 spiro atoms. The molecule has 2 bridgehead atoms. The number of amides is 1. The summed E-state index contributed by atoms with van der Waals surface area (Å²) in [4.78, 5) is 31.8. The van der Waals surface area contributed by atoms with E-state index in [0.717, 1.165) is 36.8 Å². The van der Waals surface area contributed by atoms with E-state index in [2.05, 4.69) is 26.2 Å². The quantitative estimate of drug-likeness (QED) is 0.795. The van der Waals surface area contributed by atoms with Gasteiger partial charge in [0.15, 0.2) is 0 Å². The van der Waals surface area contributed by atoms with Gasteiger partial charge in [0.2, 0.25) is 5.91 Å². The Morgan fingerprint density at radius 1 is 1.28 bits per heavy atom. The highest BCUT2D eigenvalue weighted by atomic mass is 79.9. The lowest BCUT2D eigenvalue weighted by molar-refractivity contribution is -0.134. The zero-order valence-electron chi connectivity index (χ0n) is 13.7. The standard InChI is InChI=1S/C17H19BrN4O2.ClH/c18-11-1-4-15-14(7-11)17(24)21(10-20-15)9-16(23)22-12-2-3-13(22)8-19-6-5-12;/h1,4,7,10,12-13,19H,2-3,5-6,8-9H2;1H. The van der Waals surface area contributed by atoms with Crippen molar-refractivity contribution in [2.24, 2.45) is 0 Å². The zero-order chi connectivity index (χ0) is 16.7. The molecule has 1 aromatic heterocycles. The summed E-state index contributed by atoms with van der Waals surface area (Å²) in [6.07, 6.45) is 4.58. The van der Waals surface area contributed by atoms with Crippen LogP contribution in [0.2, 0.25) is 0 Å². The maximum absolute atomic E-state index is 12.8. The number of carbonyl (C=O) groups is 1. The first kappa shape index (κ1) is 18.4. The van der Waals surface area contributed by atoms with E-state index in [4.69, 9.17) is 0 Å². The van der Waals surface area contributed by atoms with Gasteiger partial charge in [0.1, 0.15) is 6.54 Å². The van der Waals surface area contributed by atoms with E-state index in [9.17, 15) is 9.59 Å². The summed E-state index contributed by atoms with van der Waals surface area (Å²) < 4.78 is 2.25. The number of rotatable bonds is 2. The van der Waals surface area contributed by atoms with E-state index in [1.165, 1.54) is 10.9 Å². The Kier molecular flexibility index (Phi) is 5.46. The normalized spacial score (nSPS) is 22.5. The van der Waals surface area contributed by atoms with Crippen molar-refractivity contribution in [3.63, 3.8) is 0 Å². The summed E-state index contributed by atoms with van der Waals surface area (Å²) in [7, 11) is 0. The molecule has 1 N–H and O–H groups in total. The Bertz CT molecular complexity index is 842. The number of halogens is 2. The molecule has 0 saturated carbocycles. The maximum Gasteiger partial charge on any atom is 0.261 e. The number of nitrogens with zero attached hydrogens (tertiary/aromatic N) is 3. The molecule has 134 valence electrons. The molecule has 2 fully saturated rings. The molecule has 2 atom stereocenters. The van der Waals surface area contributed by atoms with E-state index in [0.29, 0.717) is 16.9 Å². The summed E-state index contributed by atoms with van der Waals surface area (Å²) in [5.41, 5.74) is 0.473. The van der Waals surface area contributed by atoms with E-state index in [-0.39, 0.29) is 36.5 Å². The summed E-state index contributed by atoms with van der Waals surface area (Å²) >= 11 is 3.38. The number of carbonyl (C=O) groups excluding carboxylic acids is 1. The van der Waals surface area contributed by atoms with Crippen molar-refractivity contribution in [1.29, 1.82) is 0 Å². The highest BCUT2D eigenvalue weighted by Gasteiger charge is 2.37. The van der Waals surface area contributed by atoms with Crippen LogP contribution in [0.15, 0.2) is 33.8 Å². The van der Waals surface area contributed by atoms with Crippen LogP contribution in [0.25, 0.3) is 10.9 Å². The van der Waals surface area contributed by atoms with Crippen molar-refractivity contribution in [3.8, 4) is 0 Å². The molecular formula is C17H20BrClN4O2. The highest BCUT2D eigenvalue weighted by Crippen LogP contribution is 2.28. The van der Waals surface area contributed by atoms with Gasteiger partial charge in [-0.2, -0.15) is 0 Å². The Labute approximate surface area is 160 Å². The average Bonchev–Trinajstić information content (AvgIpc) is 2.83. The molecule has 2 aliphatic rings. The lowest BCUT2D eigenvalue weighted by Crippen LogP contribution is -2.45. The number of aromatic nitrogens is 2. The van der Waals surface area contributed by atoms with E-state index >= 15 is 0 Å². The Hall–Kier alpha value is -1.44. The molecule has 0 radical (unpaired) electrons. The Balaban J connectivity index is 0.00000182.